The maximum atomic E-state index is 12.4. The van der Waals surface area contributed by atoms with Crippen molar-refractivity contribution in [2.45, 2.75) is 26.8 Å². The van der Waals surface area contributed by atoms with Crippen molar-refractivity contribution in [3.63, 3.8) is 0 Å². The number of carbonyl (C=O) groups is 3. The zero-order chi connectivity index (χ0) is 19.3. The van der Waals surface area contributed by atoms with Crippen LogP contribution in [0.3, 0.4) is 0 Å². The normalized spacial score (nSPS) is 16.7. The number of ether oxygens (including phenoxy) is 2. The fraction of sp³-hybridized carbons (Fsp3) is 0.526. The Hall–Kier alpha value is -2.57. The molecule has 0 aliphatic carbocycles. The monoisotopic (exact) mass is 362 g/mol. The average Bonchev–Trinajstić information content (AvgIpc) is 2.98. The molecule has 1 atom stereocenters. The van der Waals surface area contributed by atoms with Gasteiger partial charge < -0.3 is 19.7 Å². The number of carbonyl (C=O) groups excluding carboxylic acids is 3. The molecule has 0 radical (unpaired) electrons. The van der Waals surface area contributed by atoms with Gasteiger partial charge in [0, 0.05) is 26.1 Å². The van der Waals surface area contributed by atoms with Gasteiger partial charge in [0.2, 0.25) is 11.8 Å². The minimum Gasteiger partial charge on any atom is -0.496 e. The van der Waals surface area contributed by atoms with Gasteiger partial charge in [0.25, 0.3) is 0 Å². The lowest BCUT2D eigenvalue weighted by Crippen LogP contribution is -2.33. The number of amides is 2. The van der Waals surface area contributed by atoms with E-state index in [4.69, 9.17) is 9.47 Å². The van der Waals surface area contributed by atoms with Gasteiger partial charge in [0.1, 0.15) is 11.3 Å². The molecule has 0 unspecified atom stereocenters. The minimum absolute atomic E-state index is 0.0243. The Balaban J connectivity index is 1.97. The third kappa shape index (κ3) is 4.74. The molecule has 2 amide bonds. The van der Waals surface area contributed by atoms with Gasteiger partial charge in [-0.25, -0.2) is 4.79 Å². The molecular formula is C19H26N2O5. The van der Waals surface area contributed by atoms with E-state index in [9.17, 15) is 14.4 Å². The molecule has 1 fully saturated rings. The number of esters is 1. The van der Waals surface area contributed by atoms with Crippen LogP contribution in [0.4, 0.5) is 0 Å². The Kier molecular flexibility index (Phi) is 6.60. The maximum Gasteiger partial charge on any atom is 0.341 e. The van der Waals surface area contributed by atoms with E-state index in [1.165, 1.54) is 14.2 Å². The zero-order valence-electron chi connectivity index (χ0n) is 15.7. The summed E-state index contributed by atoms with van der Waals surface area (Å²) >= 11 is 0. The number of benzene rings is 1. The number of hydrogen-bond acceptors (Lipinski definition) is 5. The fourth-order valence-electron chi connectivity index (χ4n) is 3.03. The van der Waals surface area contributed by atoms with E-state index < -0.39 is 5.97 Å². The summed E-state index contributed by atoms with van der Waals surface area (Å²) in [6.45, 7) is 5.48. The van der Waals surface area contributed by atoms with E-state index in [1.54, 1.807) is 23.1 Å². The van der Waals surface area contributed by atoms with Crippen molar-refractivity contribution in [2.75, 3.05) is 27.3 Å². The number of methoxy groups -OCH3 is 2. The minimum atomic E-state index is -0.499. The summed E-state index contributed by atoms with van der Waals surface area (Å²) in [6, 6.07) is 5.07. The molecule has 7 nitrogen and oxygen atoms in total. The summed E-state index contributed by atoms with van der Waals surface area (Å²) in [5, 5.41) is 2.85. The highest BCUT2D eigenvalue weighted by Gasteiger charge is 2.34. The van der Waals surface area contributed by atoms with Crippen molar-refractivity contribution >= 4 is 17.8 Å². The number of nitrogens with one attached hydrogen (secondary N) is 1. The van der Waals surface area contributed by atoms with E-state index >= 15 is 0 Å². The molecule has 0 saturated carbocycles. The number of likely N-dealkylation sites (tertiary alicyclic amines) is 1. The first-order chi connectivity index (χ1) is 12.3. The van der Waals surface area contributed by atoms with Crippen LogP contribution >= 0.6 is 0 Å². The van der Waals surface area contributed by atoms with Crippen LogP contribution in [0.25, 0.3) is 0 Å². The molecule has 142 valence electrons. The summed E-state index contributed by atoms with van der Waals surface area (Å²) in [4.78, 5) is 38.0. The first kappa shape index (κ1) is 19.8. The van der Waals surface area contributed by atoms with E-state index in [-0.39, 0.29) is 30.7 Å². The molecule has 7 heteroatoms. The second kappa shape index (κ2) is 8.69. The van der Waals surface area contributed by atoms with E-state index in [0.717, 1.165) is 5.56 Å². The van der Waals surface area contributed by atoms with Crippen LogP contribution in [-0.4, -0.2) is 50.0 Å². The van der Waals surface area contributed by atoms with E-state index in [2.05, 4.69) is 5.32 Å². The molecule has 1 saturated heterocycles. The summed E-state index contributed by atoms with van der Waals surface area (Å²) in [5.74, 6) is -0.175. The molecule has 1 heterocycles. The lowest BCUT2D eigenvalue weighted by molar-refractivity contribution is -0.129. The fourth-order valence-corrected chi connectivity index (χ4v) is 3.03. The Bertz CT molecular complexity index is 687. The highest BCUT2D eigenvalue weighted by molar-refractivity contribution is 5.93. The molecule has 1 aromatic carbocycles. The predicted molar refractivity (Wildman–Crippen MR) is 95.7 cm³/mol. The van der Waals surface area contributed by atoms with Crippen LogP contribution in [0.2, 0.25) is 0 Å². The van der Waals surface area contributed by atoms with Crippen molar-refractivity contribution < 1.29 is 23.9 Å². The Morgan fingerprint density at radius 1 is 1.31 bits per heavy atom. The molecule has 1 aliphatic heterocycles. The van der Waals surface area contributed by atoms with Gasteiger partial charge in [-0.05, 0) is 23.6 Å². The van der Waals surface area contributed by atoms with Crippen molar-refractivity contribution in [1.29, 1.82) is 0 Å². The second-order valence-corrected chi connectivity index (χ2v) is 6.84. The molecule has 0 aromatic heterocycles. The summed E-state index contributed by atoms with van der Waals surface area (Å²) in [5.41, 5.74) is 1.06. The lowest BCUT2D eigenvalue weighted by Gasteiger charge is -2.18. The highest BCUT2D eigenvalue weighted by Crippen LogP contribution is 2.22. The molecule has 1 N–H and O–H groups in total. The molecule has 0 bridgehead atoms. The van der Waals surface area contributed by atoms with Crippen molar-refractivity contribution in [1.82, 2.24) is 10.2 Å². The van der Waals surface area contributed by atoms with Crippen LogP contribution < -0.4 is 10.1 Å². The Labute approximate surface area is 153 Å². The van der Waals surface area contributed by atoms with Gasteiger partial charge in [-0.3, -0.25) is 9.59 Å². The van der Waals surface area contributed by atoms with Crippen molar-refractivity contribution in [3.8, 4) is 5.75 Å². The average molecular weight is 362 g/mol. The molecular weight excluding hydrogens is 336 g/mol. The van der Waals surface area contributed by atoms with Crippen LogP contribution in [0.1, 0.15) is 36.2 Å². The number of nitrogens with zero attached hydrogens (tertiary/aromatic N) is 1. The molecule has 1 aliphatic rings. The van der Waals surface area contributed by atoms with Gasteiger partial charge in [0.15, 0.2) is 0 Å². The van der Waals surface area contributed by atoms with E-state index in [1.807, 2.05) is 13.8 Å². The Morgan fingerprint density at radius 2 is 2.04 bits per heavy atom. The molecule has 26 heavy (non-hydrogen) atoms. The SMILES string of the molecule is COC(=O)c1cc(CNC(=O)[C@@H]2CC(=O)N(CC(C)C)C2)ccc1OC. The largest absolute Gasteiger partial charge is 0.496 e. The van der Waals surface area contributed by atoms with Crippen LogP contribution in [0.15, 0.2) is 18.2 Å². The first-order valence-electron chi connectivity index (χ1n) is 8.66. The molecule has 1 aromatic rings. The van der Waals surface area contributed by atoms with Gasteiger partial charge in [0.05, 0.1) is 20.1 Å². The first-order valence-corrected chi connectivity index (χ1v) is 8.66. The third-order valence-corrected chi connectivity index (χ3v) is 4.31. The van der Waals surface area contributed by atoms with Gasteiger partial charge in [-0.2, -0.15) is 0 Å². The number of hydrogen-bond donors (Lipinski definition) is 1. The van der Waals surface area contributed by atoms with Crippen LogP contribution in [0.5, 0.6) is 5.75 Å². The Morgan fingerprint density at radius 3 is 2.65 bits per heavy atom. The molecule has 2 rings (SSSR count). The predicted octanol–water partition coefficient (Wildman–Crippen LogP) is 1.60. The topological polar surface area (TPSA) is 84.9 Å². The third-order valence-electron chi connectivity index (χ3n) is 4.31. The summed E-state index contributed by atoms with van der Waals surface area (Å²) in [6.07, 6.45) is 0.245. The summed E-state index contributed by atoms with van der Waals surface area (Å²) in [7, 11) is 2.78. The van der Waals surface area contributed by atoms with Gasteiger partial charge >= 0.3 is 5.97 Å². The zero-order valence-corrected chi connectivity index (χ0v) is 15.7. The smallest absolute Gasteiger partial charge is 0.341 e. The molecule has 0 spiro atoms. The van der Waals surface area contributed by atoms with Crippen molar-refractivity contribution in [3.05, 3.63) is 29.3 Å². The van der Waals surface area contributed by atoms with Crippen LogP contribution in [0, 0.1) is 11.8 Å². The standard InChI is InChI=1S/C19H26N2O5/c1-12(2)10-21-11-14(8-17(21)22)18(23)20-9-13-5-6-16(25-3)15(7-13)19(24)26-4/h5-7,12,14H,8-11H2,1-4H3,(H,20,23)/t14-/m1/s1. The maximum absolute atomic E-state index is 12.4. The second-order valence-electron chi connectivity index (χ2n) is 6.84. The van der Waals surface area contributed by atoms with Gasteiger partial charge in [-0.15, -0.1) is 0 Å². The van der Waals surface area contributed by atoms with Gasteiger partial charge in [-0.1, -0.05) is 19.9 Å². The highest BCUT2D eigenvalue weighted by atomic mass is 16.5. The lowest BCUT2D eigenvalue weighted by atomic mass is 10.1. The van der Waals surface area contributed by atoms with Crippen molar-refractivity contribution in [2.24, 2.45) is 11.8 Å². The van der Waals surface area contributed by atoms with E-state index in [0.29, 0.717) is 30.3 Å². The number of rotatable bonds is 7. The quantitative estimate of drug-likeness (QED) is 0.745. The van der Waals surface area contributed by atoms with Crippen LogP contribution in [-0.2, 0) is 20.9 Å². The summed E-state index contributed by atoms with van der Waals surface area (Å²) < 4.78 is 9.90.